The van der Waals surface area contributed by atoms with Crippen molar-refractivity contribution in [2.24, 2.45) is 5.92 Å². The molecule has 6 aromatic rings. The third-order valence-corrected chi connectivity index (χ3v) is 14.3. The largest absolute Gasteiger partial charge is 0.381 e. The summed E-state index contributed by atoms with van der Waals surface area (Å²) in [6.45, 7) is 3.26. The van der Waals surface area contributed by atoms with Gasteiger partial charge in [-0.1, -0.05) is 157 Å². The highest BCUT2D eigenvalue weighted by molar-refractivity contribution is 14.1. The number of hydrogen-bond donors (Lipinski definition) is 1. The van der Waals surface area contributed by atoms with Gasteiger partial charge in [0.05, 0.1) is 11.7 Å². The maximum Gasteiger partial charge on any atom is 0.100 e. The molecule has 4 heteroatoms. The maximum atomic E-state index is 3.50. The number of anilines is 5. The molecule has 272 valence electrons. The van der Waals surface area contributed by atoms with Crippen molar-refractivity contribution >= 4 is 73.4 Å². The Morgan fingerprint density at radius 3 is 2.39 bits per heavy atom. The molecular weight excluding hydrogens is 793 g/mol. The highest BCUT2D eigenvalue weighted by Gasteiger charge is 2.56. The summed E-state index contributed by atoms with van der Waals surface area (Å²) in [4.78, 5) is 5.27. The van der Waals surface area contributed by atoms with E-state index < -0.39 is 0 Å². The van der Waals surface area contributed by atoms with Gasteiger partial charge in [-0.25, -0.2) is 0 Å². The maximum absolute atomic E-state index is 3.50. The van der Waals surface area contributed by atoms with Crippen LogP contribution in [0.3, 0.4) is 0 Å². The highest BCUT2D eigenvalue weighted by atomic mass is 127. The fraction of sp³-hybridized carbons (Fsp3) is 0.154. The summed E-state index contributed by atoms with van der Waals surface area (Å²) < 4.78 is -0.344. The average Bonchev–Trinajstić information content (AvgIpc) is 3.47. The number of nitrogens with one attached hydrogen (secondary N) is 1. The molecule has 5 aliphatic rings. The van der Waals surface area contributed by atoms with Crippen LogP contribution in [0.4, 0.5) is 28.4 Å². The molecule has 3 unspecified atom stereocenters. The van der Waals surface area contributed by atoms with Crippen LogP contribution >= 0.6 is 22.6 Å². The average molecular weight is 836 g/mol. The fourth-order valence-electron chi connectivity index (χ4n) is 10.00. The van der Waals surface area contributed by atoms with Crippen molar-refractivity contribution in [1.82, 2.24) is 0 Å². The molecule has 0 spiro atoms. The molecular formula is C52H42IN3. The molecule has 3 heterocycles. The van der Waals surface area contributed by atoms with Gasteiger partial charge in [-0.05, 0) is 112 Å². The first-order valence-electron chi connectivity index (χ1n) is 19.9. The lowest BCUT2D eigenvalue weighted by atomic mass is 9.80. The molecule has 0 amide bonds. The van der Waals surface area contributed by atoms with Gasteiger partial charge in [0.15, 0.2) is 0 Å². The van der Waals surface area contributed by atoms with Gasteiger partial charge in [0, 0.05) is 46.3 Å². The summed E-state index contributed by atoms with van der Waals surface area (Å²) in [6, 6.07) is 50.3. The van der Waals surface area contributed by atoms with Gasteiger partial charge < -0.3 is 15.1 Å². The zero-order chi connectivity index (χ0) is 37.4. The summed E-state index contributed by atoms with van der Waals surface area (Å²) >= 11 is 2.85. The van der Waals surface area contributed by atoms with E-state index in [2.05, 4.69) is 221 Å². The van der Waals surface area contributed by atoms with Crippen LogP contribution in [0, 0.1) is 5.92 Å². The third-order valence-electron chi connectivity index (χ3n) is 12.5. The second kappa shape index (κ2) is 13.3. The standard InChI is InChI=1S/C52H42IN3/c1-34-25-28-48-43(30-34)51-52(53,45-21-5-7-23-50(45)56(51)47-24-10-13-35-12-2-3-19-42(35)47)44-20-4-6-22-49(44)55(48)41-18-9-16-38(33-41)36-14-8-15-37(31-36)39-26-27-46-40(32-39)17-11-29-54-46/h2-28,32-34,37,51,54H,29-31H2,1H3/t34?,37?,51-,52?/m0/s1. The second-order valence-corrected chi connectivity index (χ2v) is 17.6. The van der Waals surface area contributed by atoms with Crippen LogP contribution in [0.2, 0.25) is 0 Å². The molecule has 0 saturated heterocycles. The fourth-order valence-corrected chi connectivity index (χ4v) is 11.6. The van der Waals surface area contributed by atoms with Gasteiger partial charge in [-0.2, -0.15) is 0 Å². The van der Waals surface area contributed by atoms with Crippen LogP contribution in [0.25, 0.3) is 22.4 Å². The van der Waals surface area contributed by atoms with Gasteiger partial charge in [-0.15, -0.1) is 0 Å². The van der Waals surface area contributed by atoms with Gasteiger partial charge in [0.25, 0.3) is 0 Å². The molecule has 3 nitrogen and oxygen atoms in total. The molecule has 0 radical (unpaired) electrons. The summed E-state index contributed by atoms with van der Waals surface area (Å²) in [7, 11) is 0. The van der Waals surface area contributed by atoms with E-state index >= 15 is 0 Å². The number of alkyl halides is 1. The molecule has 0 aromatic heterocycles. The quantitative estimate of drug-likeness (QED) is 0.141. The second-order valence-electron chi connectivity index (χ2n) is 15.9. The van der Waals surface area contributed by atoms with E-state index in [1.165, 1.54) is 83.9 Å². The predicted molar refractivity (Wildman–Crippen MR) is 245 cm³/mol. The minimum Gasteiger partial charge on any atom is -0.381 e. The zero-order valence-corrected chi connectivity index (χ0v) is 33.5. The summed E-state index contributed by atoms with van der Waals surface area (Å²) in [5.41, 5.74) is 17.0. The molecule has 56 heavy (non-hydrogen) atoms. The Kier molecular flexibility index (Phi) is 7.99. The normalized spacial score (nSPS) is 23.1. The van der Waals surface area contributed by atoms with Crippen LogP contribution in [0.5, 0.6) is 0 Å². The molecule has 0 fully saturated rings. The van der Waals surface area contributed by atoms with E-state index in [1.807, 2.05) is 0 Å². The van der Waals surface area contributed by atoms with E-state index in [0.717, 1.165) is 19.4 Å². The molecule has 1 N–H and O–H groups in total. The Hall–Kier alpha value is -5.59. The van der Waals surface area contributed by atoms with Crippen molar-refractivity contribution in [3.63, 3.8) is 0 Å². The van der Waals surface area contributed by atoms with Crippen LogP contribution in [-0.2, 0) is 3.42 Å². The minimum atomic E-state index is -0.344. The van der Waals surface area contributed by atoms with Gasteiger partial charge in [0.1, 0.15) is 3.42 Å². The lowest BCUT2D eigenvalue weighted by molar-refractivity contribution is 0.596. The molecule has 6 aromatic carbocycles. The first-order valence-corrected chi connectivity index (χ1v) is 21.0. The van der Waals surface area contributed by atoms with Crippen LogP contribution < -0.4 is 15.1 Å². The van der Waals surface area contributed by atoms with Gasteiger partial charge in [0.2, 0.25) is 0 Å². The number of rotatable bonds is 4. The van der Waals surface area contributed by atoms with Crippen molar-refractivity contribution in [1.29, 1.82) is 0 Å². The first kappa shape index (κ1) is 33.7. The van der Waals surface area contributed by atoms with E-state index in [9.17, 15) is 0 Å². The van der Waals surface area contributed by atoms with Crippen molar-refractivity contribution in [3.8, 4) is 0 Å². The van der Waals surface area contributed by atoms with Crippen LogP contribution in [0.1, 0.15) is 53.5 Å². The van der Waals surface area contributed by atoms with E-state index in [0.29, 0.717) is 11.8 Å². The molecule has 2 aliphatic carbocycles. The number of allylic oxidation sites excluding steroid dienone is 6. The van der Waals surface area contributed by atoms with Crippen LogP contribution in [0.15, 0.2) is 181 Å². The predicted octanol–water partition coefficient (Wildman–Crippen LogP) is 13.6. The third kappa shape index (κ3) is 5.22. The zero-order valence-electron chi connectivity index (χ0n) is 31.4. The summed E-state index contributed by atoms with van der Waals surface area (Å²) in [5, 5.41) is 6.05. The van der Waals surface area contributed by atoms with Crippen molar-refractivity contribution in [2.75, 3.05) is 21.7 Å². The number of halogens is 1. The van der Waals surface area contributed by atoms with Crippen LogP contribution in [-0.4, -0.2) is 12.6 Å². The lowest BCUT2D eigenvalue weighted by Gasteiger charge is -2.39. The topological polar surface area (TPSA) is 18.5 Å². The molecule has 0 saturated carbocycles. The molecule has 11 rings (SSSR count). The number of hydrogen-bond acceptors (Lipinski definition) is 3. The van der Waals surface area contributed by atoms with Crippen molar-refractivity contribution in [3.05, 3.63) is 209 Å². The Balaban J connectivity index is 1.07. The van der Waals surface area contributed by atoms with Crippen molar-refractivity contribution in [2.45, 2.75) is 35.1 Å². The smallest absolute Gasteiger partial charge is 0.100 e. The van der Waals surface area contributed by atoms with Crippen molar-refractivity contribution < 1.29 is 0 Å². The van der Waals surface area contributed by atoms with E-state index in [4.69, 9.17) is 0 Å². The Morgan fingerprint density at radius 2 is 1.48 bits per heavy atom. The lowest BCUT2D eigenvalue weighted by Crippen LogP contribution is -2.42. The Labute approximate surface area is 343 Å². The highest BCUT2D eigenvalue weighted by Crippen LogP contribution is 2.63. The van der Waals surface area contributed by atoms with E-state index in [1.54, 1.807) is 0 Å². The van der Waals surface area contributed by atoms with Gasteiger partial charge >= 0.3 is 0 Å². The van der Waals surface area contributed by atoms with Gasteiger partial charge in [-0.3, -0.25) is 0 Å². The SMILES string of the molecule is CC1C=CC2=C(C1)[C@@H]1N(c3cccc4ccccc34)c3ccccc3C1(I)c1ccccc1N2c1cccc(C2=CC=CC(c3ccc4c(c3)C=CCN4)C2)c1. The number of nitrogens with zero attached hydrogens (tertiary/aromatic N) is 2. The molecule has 0 bridgehead atoms. The Morgan fingerprint density at radius 1 is 0.714 bits per heavy atom. The first-order chi connectivity index (χ1) is 27.6. The molecule has 4 atom stereocenters. The monoisotopic (exact) mass is 835 g/mol. The number of fused-ring (bicyclic) bond motifs is 8. The van der Waals surface area contributed by atoms with E-state index in [-0.39, 0.29) is 9.46 Å². The minimum absolute atomic E-state index is 0.0663. The summed E-state index contributed by atoms with van der Waals surface area (Å²) in [6.07, 6.45) is 18.2. The summed E-state index contributed by atoms with van der Waals surface area (Å²) in [5.74, 6) is 0.751. The number of benzene rings is 6. The molecule has 3 aliphatic heterocycles. The number of para-hydroxylation sites is 2. The Bertz CT molecular complexity index is 2730.